The minimum Gasteiger partial charge on any atom is -0.346 e. The van der Waals surface area contributed by atoms with E-state index in [0.29, 0.717) is 12.8 Å². The molecule has 1 aliphatic rings. The minimum atomic E-state index is -0.560. The lowest BCUT2D eigenvalue weighted by molar-refractivity contribution is -0.131. The lowest BCUT2D eigenvalue weighted by Gasteiger charge is -2.04. The highest BCUT2D eigenvalue weighted by Crippen LogP contribution is 2.22. The van der Waals surface area contributed by atoms with E-state index in [-0.39, 0.29) is 0 Å². The maximum Gasteiger partial charge on any atom is 0.284 e. The molecule has 0 radical (unpaired) electrons. The van der Waals surface area contributed by atoms with E-state index in [1.807, 2.05) is 6.07 Å². The number of nitrogens with one attached hydrogen (secondary N) is 1. The number of benzene rings is 1. The van der Waals surface area contributed by atoms with Gasteiger partial charge < -0.3 is 5.32 Å². The van der Waals surface area contributed by atoms with Crippen LogP contribution in [-0.2, 0) is 29.0 Å². The monoisotopic (exact) mass is 203 g/mol. The predicted octanol–water partition coefficient (Wildman–Crippen LogP) is 0.990. The molecular formula is C12H13NO2. The van der Waals surface area contributed by atoms with Gasteiger partial charge in [0.25, 0.3) is 5.91 Å². The average molecular weight is 203 g/mol. The smallest absolute Gasteiger partial charge is 0.284 e. The molecule has 0 saturated carbocycles. The Balaban J connectivity index is 2.04. The average Bonchev–Trinajstić information content (AvgIpc) is 2.72. The molecule has 0 bridgehead atoms. The van der Waals surface area contributed by atoms with E-state index < -0.39 is 5.91 Å². The van der Waals surface area contributed by atoms with Crippen molar-refractivity contribution >= 4 is 12.2 Å². The van der Waals surface area contributed by atoms with Gasteiger partial charge in [0.2, 0.25) is 6.29 Å². The van der Waals surface area contributed by atoms with Crippen molar-refractivity contribution in [2.24, 2.45) is 0 Å². The number of fused-ring (bicyclic) bond motifs is 1. The molecule has 0 aromatic heterocycles. The van der Waals surface area contributed by atoms with Crippen molar-refractivity contribution in [2.45, 2.75) is 25.8 Å². The first-order valence-electron chi connectivity index (χ1n) is 5.13. The second-order valence-corrected chi connectivity index (χ2v) is 3.79. The standard InChI is InChI=1S/C12H13NO2/c14-8-12(15)13-7-9-4-5-10-2-1-3-11(10)6-9/h4-6,8H,1-3,7H2,(H,13,15). The number of hydrogen-bond donors (Lipinski definition) is 1. The maximum absolute atomic E-state index is 10.7. The van der Waals surface area contributed by atoms with Crippen LogP contribution in [0.4, 0.5) is 0 Å². The van der Waals surface area contributed by atoms with Gasteiger partial charge in [-0.05, 0) is 36.0 Å². The summed E-state index contributed by atoms with van der Waals surface area (Å²) in [6, 6.07) is 6.24. The number of aldehydes is 1. The van der Waals surface area contributed by atoms with E-state index in [1.165, 1.54) is 17.5 Å². The molecular weight excluding hydrogens is 190 g/mol. The summed E-state index contributed by atoms with van der Waals surface area (Å²) in [5.41, 5.74) is 3.86. The van der Waals surface area contributed by atoms with Crippen molar-refractivity contribution in [2.75, 3.05) is 0 Å². The summed E-state index contributed by atoms with van der Waals surface area (Å²) in [5, 5.41) is 2.53. The summed E-state index contributed by atoms with van der Waals surface area (Å²) >= 11 is 0. The lowest BCUT2D eigenvalue weighted by Crippen LogP contribution is -2.23. The summed E-state index contributed by atoms with van der Waals surface area (Å²) in [6.07, 6.45) is 3.81. The van der Waals surface area contributed by atoms with Gasteiger partial charge in [-0.1, -0.05) is 18.2 Å². The van der Waals surface area contributed by atoms with E-state index in [1.54, 1.807) is 0 Å². The molecule has 0 aliphatic heterocycles. The second kappa shape index (κ2) is 4.26. The number of carbonyl (C=O) groups excluding carboxylic acids is 2. The Morgan fingerprint density at radius 2 is 2.13 bits per heavy atom. The van der Waals surface area contributed by atoms with Crippen molar-refractivity contribution in [1.82, 2.24) is 5.32 Å². The van der Waals surface area contributed by atoms with Gasteiger partial charge in [0.05, 0.1) is 0 Å². The van der Waals surface area contributed by atoms with Crippen LogP contribution < -0.4 is 5.32 Å². The van der Waals surface area contributed by atoms with E-state index >= 15 is 0 Å². The third kappa shape index (κ3) is 2.24. The Bertz CT molecular complexity index is 399. The molecule has 1 N–H and O–H groups in total. The number of rotatable bonds is 3. The van der Waals surface area contributed by atoms with E-state index in [9.17, 15) is 9.59 Å². The van der Waals surface area contributed by atoms with E-state index in [0.717, 1.165) is 18.4 Å². The summed E-state index contributed by atoms with van der Waals surface area (Å²) in [7, 11) is 0. The molecule has 0 unspecified atom stereocenters. The molecule has 0 fully saturated rings. The van der Waals surface area contributed by atoms with Crippen molar-refractivity contribution in [3.05, 3.63) is 34.9 Å². The molecule has 0 spiro atoms. The normalized spacial score (nSPS) is 13.3. The third-order valence-corrected chi connectivity index (χ3v) is 2.74. The quantitative estimate of drug-likeness (QED) is 0.588. The highest BCUT2D eigenvalue weighted by molar-refractivity contribution is 6.23. The summed E-state index contributed by atoms with van der Waals surface area (Å²) in [6.45, 7) is 0.435. The van der Waals surface area contributed by atoms with Crippen LogP contribution in [0, 0.1) is 0 Å². The zero-order valence-corrected chi connectivity index (χ0v) is 8.45. The SMILES string of the molecule is O=CC(=O)NCc1ccc2c(c1)CCC2. The molecule has 1 amide bonds. The van der Waals surface area contributed by atoms with Gasteiger partial charge >= 0.3 is 0 Å². The fraction of sp³-hybridized carbons (Fsp3) is 0.333. The van der Waals surface area contributed by atoms with Crippen LogP contribution in [0.1, 0.15) is 23.1 Å². The summed E-state index contributed by atoms with van der Waals surface area (Å²) in [4.78, 5) is 20.8. The molecule has 0 heterocycles. The molecule has 2 rings (SSSR count). The first-order chi connectivity index (χ1) is 7.29. The van der Waals surface area contributed by atoms with Gasteiger partial charge in [-0.15, -0.1) is 0 Å². The van der Waals surface area contributed by atoms with Crippen LogP contribution in [0.5, 0.6) is 0 Å². The topological polar surface area (TPSA) is 46.2 Å². The number of aryl methyl sites for hydroxylation is 2. The Hall–Kier alpha value is -1.64. The summed E-state index contributed by atoms with van der Waals surface area (Å²) in [5.74, 6) is -0.560. The van der Waals surface area contributed by atoms with Crippen LogP contribution >= 0.6 is 0 Å². The zero-order valence-electron chi connectivity index (χ0n) is 8.45. The van der Waals surface area contributed by atoms with Gasteiger partial charge in [0.15, 0.2) is 0 Å². The molecule has 15 heavy (non-hydrogen) atoms. The van der Waals surface area contributed by atoms with Gasteiger partial charge in [-0.25, -0.2) is 0 Å². The Kier molecular flexibility index (Phi) is 2.81. The number of amides is 1. The van der Waals surface area contributed by atoms with Crippen molar-refractivity contribution in [1.29, 1.82) is 0 Å². The van der Waals surface area contributed by atoms with Gasteiger partial charge in [0.1, 0.15) is 0 Å². The Morgan fingerprint density at radius 3 is 2.93 bits per heavy atom. The van der Waals surface area contributed by atoms with Gasteiger partial charge in [0, 0.05) is 6.54 Å². The van der Waals surface area contributed by atoms with Crippen LogP contribution in [0.3, 0.4) is 0 Å². The first kappa shape index (κ1) is 9.90. The molecule has 0 saturated heterocycles. The molecule has 78 valence electrons. The molecule has 1 aliphatic carbocycles. The van der Waals surface area contributed by atoms with E-state index in [4.69, 9.17) is 0 Å². The summed E-state index contributed by atoms with van der Waals surface area (Å²) < 4.78 is 0. The van der Waals surface area contributed by atoms with Crippen LogP contribution in [-0.4, -0.2) is 12.2 Å². The first-order valence-corrected chi connectivity index (χ1v) is 5.13. The largest absolute Gasteiger partial charge is 0.346 e. The van der Waals surface area contributed by atoms with Crippen LogP contribution in [0.2, 0.25) is 0 Å². The lowest BCUT2D eigenvalue weighted by atomic mass is 10.1. The predicted molar refractivity (Wildman–Crippen MR) is 56.4 cm³/mol. The van der Waals surface area contributed by atoms with E-state index in [2.05, 4.69) is 17.4 Å². The van der Waals surface area contributed by atoms with Gasteiger partial charge in [-0.2, -0.15) is 0 Å². The fourth-order valence-electron chi connectivity index (χ4n) is 1.97. The molecule has 0 atom stereocenters. The Labute approximate surface area is 88.5 Å². The van der Waals surface area contributed by atoms with Crippen LogP contribution in [0.25, 0.3) is 0 Å². The van der Waals surface area contributed by atoms with Crippen molar-refractivity contribution < 1.29 is 9.59 Å². The van der Waals surface area contributed by atoms with Crippen molar-refractivity contribution in [3.8, 4) is 0 Å². The third-order valence-electron chi connectivity index (χ3n) is 2.74. The minimum absolute atomic E-state index is 0.299. The Morgan fingerprint density at radius 1 is 1.33 bits per heavy atom. The highest BCUT2D eigenvalue weighted by Gasteiger charge is 2.10. The number of hydrogen-bond acceptors (Lipinski definition) is 2. The molecule has 1 aromatic rings. The second-order valence-electron chi connectivity index (χ2n) is 3.79. The molecule has 1 aromatic carbocycles. The number of carbonyl (C=O) groups is 2. The molecule has 3 nitrogen and oxygen atoms in total. The molecule has 3 heteroatoms. The zero-order chi connectivity index (χ0) is 10.7. The maximum atomic E-state index is 10.7. The van der Waals surface area contributed by atoms with Crippen molar-refractivity contribution in [3.63, 3.8) is 0 Å². The van der Waals surface area contributed by atoms with Gasteiger partial charge in [-0.3, -0.25) is 9.59 Å². The van der Waals surface area contributed by atoms with Crippen LogP contribution in [0.15, 0.2) is 18.2 Å². The highest BCUT2D eigenvalue weighted by atomic mass is 16.2. The fourth-order valence-corrected chi connectivity index (χ4v) is 1.97.